The molecule has 0 aromatic carbocycles. The maximum atomic E-state index is 11.6. The van der Waals surface area contributed by atoms with Crippen LogP contribution in [0.4, 0.5) is 0 Å². The summed E-state index contributed by atoms with van der Waals surface area (Å²) in [6.45, 7) is 0.211. The van der Waals surface area contributed by atoms with Crippen LogP contribution in [0.5, 0.6) is 0 Å². The van der Waals surface area contributed by atoms with Gasteiger partial charge >= 0.3 is 0 Å². The third-order valence-electron chi connectivity index (χ3n) is 2.58. The van der Waals surface area contributed by atoms with Crippen molar-refractivity contribution >= 4 is 10.0 Å². The lowest BCUT2D eigenvalue weighted by Crippen LogP contribution is -2.31. The highest BCUT2D eigenvalue weighted by molar-refractivity contribution is 7.90. The molecule has 0 saturated heterocycles. The molecule has 1 fully saturated rings. The molecule has 0 aliphatic heterocycles. The van der Waals surface area contributed by atoms with Gasteiger partial charge in [-0.15, -0.1) is 0 Å². The van der Waals surface area contributed by atoms with Gasteiger partial charge < -0.3 is 9.15 Å². The Labute approximate surface area is 94.8 Å². The van der Waals surface area contributed by atoms with Crippen LogP contribution in [0.15, 0.2) is 22.8 Å². The van der Waals surface area contributed by atoms with Crippen molar-refractivity contribution in [1.82, 2.24) is 4.72 Å². The van der Waals surface area contributed by atoms with E-state index in [0.717, 1.165) is 12.8 Å². The van der Waals surface area contributed by atoms with Crippen molar-refractivity contribution in [3.8, 4) is 0 Å². The van der Waals surface area contributed by atoms with E-state index < -0.39 is 10.0 Å². The van der Waals surface area contributed by atoms with E-state index in [1.54, 1.807) is 12.1 Å². The molecule has 2 rings (SSSR count). The highest BCUT2D eigenvalue weighted by Crippen LogP contribution is 2.27. The Morgan fingerprint density at radius 2 is 2.38 bits per heavy atom. The molecule has 1 atom stereocenters. The van der Waals surface area contributed by atoms with E-state index in [4.69, 9.17) is 9.15 Å². The van der Waals surface area contributed by atoms with Crippen molar-refractivity contribution in [2.24, 2.45) is 0 Å². The summed E-state index contributed by atoms with van der Waals surface area (Å²) >= 11 is 0. The molecule has 1 aliphatic rings. The molecule has 0 spiro atoms. The predicted molar refractivity (Wildman–Crippen MR) is 58.4 cm³/mol. The van der Waals surface area contributed by atoms with Gasteiger partial charge in [0.05, 0.1) is 11.5 Å². The van der Waals surface area contributed by atoms with Gasteiger partial charge in [-0.1, -0.05) is 0 Å². The summed E-state index contributed by atoms with van der Waals surface area (Å²) in [4.78, 5) is 0. The van der Waals surface area contributed by atoms with E-state index in [9.17, 15) is 8.42 Å². The van der Waals surface area contributed by atoms with Crippen molar-refractivity contribution in [2.45, 2.75) is 24.2 Å². The second-order valence-corrected chi connectivity index (χ2v) is 5.88. The molecular weight excluding hydrogens is 230 g/mol. The largest absolute Gasteiger partial charge is 0.467 e. The Kier molecular flexibility index (Phi) is 3.32. The summed E-state index contributed by atoms with van der Waals surface area (Å²) in [6.07, 6.45) is 2.68. The fraction of sp³-hybridized carbons (Fsp3) is 0.600. The van der Waals surface area contributed by atoms with Crippen LogP contribution >= 0.6 is 0 Å². The lowest BCUT2D eigenvalue weighted by atomic mass is 10.3. The maximum absolute atomic E-state index is 11.6. The number of nitrogens with one attached hydrogen (secondary N) is 1. The molecule has 0 amide bonds. The van der Waals surface area contributed by atoms with Gasteiger partial charge in [-0.3, -0.25) is 0 Å². The fourth-order valence-electron chi connectivity index (χ4n) is 1.46. The van der Waals surface area contributed by atoms with E-state index >= 15 is 0 Å². The Hall–Kier alpha value is -0.850. The first-order valence-electron chi connectivity index (χ1n) is 5.18. The van der Waals surface area contributed by atoms with E-state index in [-0.39, 0.29) is 17.9 Å². The third kappa shape index (κ3) is 2.63. The van der Waals surface area contributed by atoms with Gasteiger partial charge in [0.2, 0.25) is 10.0 Å². The minimum atomic E-state index is -3.15. The molecule has 1 saturated carbocycles. The van der Waals surface area contributed by atoms with Crippen LogP contribution in [-0.4, -0.2) is 27.3 Å². The van der Waals surface area contributed by atoms with Gasteiger partial charge in [0.25, 0.3) is 0 Å². The molecule has 16 heavy (non-hydrogen) atoms. The Morgan fingerprint density at radius 3 is 2.88 bits per heavy atom. The van der Waals surface area contributed by atoms with E-state index in [0.29, 0.717) is 5.76 Å². The Balaban J connectivity index is 1.93. The SMILES string of the molecule is CO[C@H](CNS(=O)(=O)C1CC1)c1ccco1. The minimum Gasteiger partial charge on any atom is -0.467 e. The molecule has 6 heteroatoms. The molecule has 1 aliphatic carbocycles. The number of methoxy groups -OCH3 is 1. The molecule has 0 unspecified atom stereocenters. The summed E-state index contributed by atoms with van der Waals surface area (Å²) in [5, 5.41) is -0.207. The van der Waals surface area contributed by atoms with Gasteiger partial charge in [0, 0.05) is 13.7 Å². The van der Waals surface area contributed by atoms with Gasteiger partial charge in [0.15, 0.2) is 0 Å². The fourth-order valence-corrected chi connectivity index (χ4v) is 2.84. The van der Waals surface area contributed by atoms with Crippen molar-refractivity contribution in [1.29, 1.82) is 0 Å². The van der Waals surface area contributed by atoms with Crippen molar-refractivity contribution < 1.29 is 17.6 Å². The zero-order valence-electron chi connectivity index (χ0n) is 9.05. The third-order valence-corrected chi connectivity index (χ3v) is 4.50. The summed E-state index contributed by atoms with van der Waals surface area (Å²) in [5.41, 5.74) is 0. The van der Waals surface area contributed by atoms with Crippen LogP contribution < -0.4 is 4.72 Å². The average Bonchev–Trinajstić information content (AvgIpc) is 2.99. The normalized spacial score (nSPS) is 18.6. The topological polar surface area (TPSA) is 68.5 Å². The molecule has 90 valence electrons. The molecule has 1 aromatic heterocycles. The lowest BCUT2D eigenvalue weighted by Gasteiger charge is -2.13. The first kappa shape index (κ1) is 11.6. The first-order chi connectivity index (χ1) is 7.63. The van der Waals surface area contributed by atoms with Crippen LogP contribution in [0.1, 0.15) is 24.7 Å². The van der Waals surface area contributed by atoms with Crippen LogP contribution in [0.25, 0.3) is 0 Å². The van der Waals surface area contributed by atoms with E-state index in [1.165, 1.54) is 13.4 Å². The van der Waals surface area contributed by atoms with Crippen LogP contribution in [0, 0.1) is 0 Å². The number of furan rings is 1. The second-order valence-electron chi connectivity index (χ2n) is 3.83. The zero-order chi connectivity index (χ0) is 11.6. The molecule has 0 radical (unpaired) electrons. The highest BCUT2D eigenvalue weighted by Gasteiger charge is 2.35. The number of rotatable bonds is 6. The van der Waals surface area contributed by atoms with Crippen LogP contribution in [-0.2, 0) is 14.8 Å². The summed E-state index contributed by atoms with van der Waals surface area (Å²) < 4.78 is 36.1. The van der Waals surface area contributed by atoms with Crippen LogP contribution in [0.3, 0.4) is 0 Å². The molecule has 1 heterocycles. The lowest BCUT2D eigenvalue weighted by molar-refractivity contribution is 0.0878. The Bertz CT molecular complexity index is 422. The highest BCUT2D eigenvalue weighted by atomic mass is 32.2. The van der Waals surface area contributed by atoms with Crippen LogP contribution in [0.2, 0.25) is 0 Å². The second kappa shape index (κ2) is 4.57. The number of hydrogen-bond donors (Lipinski definition) is 1. The van der Waals surface area contributed by atoms with Gasteiger partial charge in [-0.05, 0) is 25.0 Å². The number of ether oxygens (including phenoxy) is 1. The standard InChI is InChI=1S/C10H15NO4S/c1-14-10(9-3-2-6-15-9)7-11-16(12,13)8-4-5-8/h2-3,6,8,10-11H,4-5,7H2,1H3/t10-/m1/s1. The van der Waals surface area contributed by atoms with Crippen molar-refractivity contribution in [2.75, 3.05) is 13.7 Å². The average molecular weight is 245 g/mol. The molecular formula is C10H15NO4S. The summed E-state index contributed by atoms with van der Waals surface area (Å²) in [5.74, 6) is 0.626. The molecule has 1 N–H and O–H groups in total. The monoisotopic (exact) mass is 245 g/mol. The number of sulfonamides is 1. The smallest absolute Gasteiger partial charge is 0.214 e. The van der Waals surface area contributed by atoms with Gasteiger partial charge in [0.1, 0.15) is 11.9 Å². The van der Waals surface area contributed by atoms with Gasteiger partial charge in [-0.25, -0.2) is 13.1 Å². The quantitative estimate of drug-likeness (QED) is 0.813. The number of hydrogen-bond acceptors (Lipinski definition) is 4. The van der Waals surface area contributed by atoms with Crippen molar-refractivity contribution in [3.63, 3.8) is 0 Å². The summed E-state index contributed by atoms with van der Waals surface area (Å²) in [7, 11) is -1.63. The minimum absolute atomic E-state index is 0.207. The zero-order valence-corrected chi connectivity index (χ0v) is 9.87. The van der Waals surface area contributed by atoms with Gasteiger partial charge in [-0.2, -0.15) is 0 Å². The molecule has 1 aromatic rings. The van der Waals surface area contributed by atoms with Crippen molar-refractivity contribution in [3.05, 3.63) is 24.2 Å². The Morgan fingerprint density at radius 1 is 1.62 bits per heavy atom. The molecule has 0 bridgehead atoms. The predicted octanol–water partition coefficient (Wildman–Crippen LogP) is 1.05. The molecule has 5 nitrogen and oxygen atoms in total. The van der Waals surface area contributed by atoms with E-state index in [1.807, 2.05) is 0 Å². The first-order valence-corrected chi connectivity index (χ1v) is 6.73. The summed E-state index contributed by atoms with van der Waals surface area (Å²) in [6, 6.07) is 3.51. The maximum Gasteiger partial charge on any atom is 0.214 e. The van der Waals surface area contributed by atoms with E-state index in [2.05, 4.69) is 4.72 Å².